The first-order valence-corrected chi connectivity index (χ1v) is 4.44. The molecule has 0 fully saturated rings. The zero-order valence-electron chi connectivity index (χ0n) is 7.81. The third kappa shape index (κ3) is 10.8. The fraction of sp³-hybridized carbons (Fsp3) is 0.875. The summed E-state index contributed by atoms with van der Waals surface area (Å²) in [6.45, 7) is 2.06. The van der Waals surface area contributed by atoms with Crippen molar-refractivity contribution < 1.29 is 39.5 Å². The predicted molar refractivity (Wildman–Crippen MR) is 43.4 cm³/mol. The van der Waals surface area contributed by atoms with E-state index in [-0.39, 0.29) is 41.4 Å². The minimum atomic E-state index is -0.981. The molecule has 0 radical (unpaired) electrons. The fourth-order valence-electron chi connectivity index (χ4n) is 0.925. The number of carboxylic acids is 1. The van der Waals surface area contributed by atoms with Gasteiger partial charge < -0.3 is 9.90 Å². The van der Waals surface area contributed by atoms with Crippen LogP contribution in [0.3, 0.4) is 0 Å². The molecule has 0 saturated carbocycles. The Kier molecular flexibility index (Phi) is 12.5. The molecule has 0 saturated heterocycles. The third-order valence-electron chi connectivity index (χ3n) is 1.50. The Hall–Kier alpha value is 0.760. The van der Waals surface area contributed by atoms with Gasteiger partial charge in [-0.25, -0.2) is 0 Å². The molecule has 0 aliphatic rings. The van der Waals surface area contributed by atoms with E-state index in [2.05, 4.69) is 6.92 Å². The molecule has 2 nitrogen and oxygen atoms in total. The molecule has 0 heterocycles. The Labute approximate surface area is 101 Å². The summed E-state index contributed by atoms with van der Waals surface area (Å²) in [6.07, 6.45) is 3.57. The molecule has 0 aromatic rings. The van der Waals surface area contributed by atoms with Crippen molar-refractivity contribution in [2.45, 2.75) is 44.4 Å². The number of rotatable bonds is 6. The Morgan fingerprint density at radius 3 is 2.50 bits per heavy atom. The normalized spacial score (nSPS) is 11.8. The fourth-order valence-corrected chi connectivity index (χ4v) is 1.30. The Morgan fingerprint density at radius 1 is 1.50 bits per heavy atom. The van der Waals surface area contributed by atoms with Crippen LogP contribution in [0.2, 0.25) is 0 Å². The van der Waals surface area contributed by atoms with Gasteiger partial charge in [0, 0.05) is 11.3 Å². The van der Waals surface area contributed by atoms with Crippen LogP contribution in [0.1, 0.15) is 39.0 Å². The van der Waals surface area contributed by atoms with E-state index in [1.54, 1.807) is 0 Å². The van der Waals surface area contributed by atoms with Gasteiger partial charge in [0.15, 0.2) is 0 Å². The molecule has 4 heteroatoms. The average Bonchev–Trinajstić information content (AvgIpc) is 1.87. The molecule has 0 bridgehead atoms. The summed E-state index contributed by atoms with van der Waals surface area (Å²) in [6, 6.07) is 0. The van der Waals surface area contributed by atoms with Crippen LogP contribution in [0.15, 0.2) is 0 Å². The molecule has 0 aromatic heterocycles. The molecule has 0 amide bonds. The molecule has 0 aliphatic heterocycles. The maximum Gasteiger partial charge on any atom is 1.00 e. The van der Waals surface area contributed by atoms with Gasteiger partial charge in [0.1, 0.15) is 0 Å². The summed E-state index contributed by atoms with van der Waals surface area (Å²) in [5.41, 5.74) is 0. The van der Waals surface area contributed by atoms with Crippen molar-refractivity contribution in [3.63, 3.8) is 0 Å². The molecular weight excluding hydrogens is 187 g/mol. The second kappa shape index (κ2) is 9.85. The first-order valence-electron chi connectivity index (χ1n) is 4.00. The van der Waals surface area contributed by atoms with E-state index in [0.717, 1.165) is 19.3 Å². The van der Waals surface area contributed by atoms with Crippen LogP contribution in [0.5, 0.6) is 0 Å². The SMILES string of the molecule is CCCC(Cl)CCCC(=O)[O-].[Na+]. The van der Waals surface area contributed by atoms with E-state index in [1.165, 1.54) is 0 Å². The van der Waals surface area contributed by atoms with Crippen LogP contribution in [0, 0.1) is 0 Å². The quantitative estimate of drug-likeness (QED) is 0.380. The minimum absolute atomic E-state index is 0. The number of hydrogen-bond acceptors (Lipinski definition) is 2. The molecule has 0 aliphatic carbocycles. The van der Waals surface area contributed by atoms with Gasteiger partial charge in [0.2, 0.25) is 0 Å². The van der Waals surface area contributed by atoms with E-state index >= 15 is 0 Å². The van der Waals surface area contributed by atoms with Gasteiger partial charge in [-0.15, -0.1) is 11.6 Å². The summed E-state index contributed by atoms with van der Waals surface area (Å²) in [4.78, 5) is 9.98. The number of carbonyl (C=O) groups is 1. The molecule has 0 N–H and O–H groups in total. The van der Waals surface area contributed by atoms with E-state index < -0.39 is 5.97 Å². The van der Waals surface area contributed by atoms with E-state index in [0.29, 0.717) is 6.42 Å². The second-order valence-electron chi connectivity index (χ2n) is 2.65. The standard InChI is InChI=1S/C8H15ClO2.Na/c1-2-4-7(9)5-3-6-8(10)11;/h7H,2-6H2,1H3,(H,10,11);/q;+1/p-1. The third-order valence-corrected chi connectivity index (χ3v) is 1.94. The summed E-state index contributed by atoms with van der Waals surface area (Å²) >= 11 is 5.85. The Balaban J connectivity index is 0. The van der Waals surface area contributed by atoms with Gasteiger partial charge >= 0.3 is 29.6 Å². The van der Waals surface area contributed by atoms with Gasteiger partial charge in [-0.1, -0.05) is 13.3 Å². The van der Waals surface area contributed by atoms with E-state index in [1.807, 2.05) is 0 Å². The molecule has 1 unspecified atom stereocenters. The number of carbonyl (C=O) groups excluding carboxylic acids is 1. The summed E-state index contributed by atoms with van der Waals surface area (Å²) in [7, 11) is 0. The van der Waals surface area contributed by atoms with Crippen molar-refractivity contribution in [1.29, 1.82) is 0 Å². The molecule has 66 valence electrons. The molecular formula is C8H14ClNaO2. The number of alkyl halides is 1. The van der Waals surface area contributed by atoms with Crippen molar-refractivity contribution in [2.75, 3.05) is 0 Å². The van der Waals surface area contributed by atoms with Crippen molar-refractivity contribution in [3.8, 4) is 0 Å². The smallest absolute Gasteiger partial charge is 0.550 e. The summed E-state index contributed by atoms with van der Waals surface area (Å²) in [5, 5.41) is 10.1. The molecule has 12 heavy (non-hydrogen) atoms. The number of carboxylic acid groups (broad SMARTS) is 1. The monoisotopic (exact) mass is 200 g/mol. The van der Waals surface area contributed by atoms with Gasteiger partial charge in [-0.2, -0.15) is 0 Å². The maximum absolute atomic E-state index is 9.98. The van der Waals surface area contributed by atoms with Crippen LogP contribution < -0.4 is 34.7 Å². The van der Waals surface area contributed by atoms with Crippen LogP contribution in [-0.2, 0) is 4.79 Å². The molecule has 1 atom stereocenters. The van der Waals surface area contributed by atoms with Gasteiger partial charge in [0.25, 0.3) is 0 Å². The topological polar surface area (TPSA) is 40.1 Å². The van der Waals surface area contributed by atoms with E-state index in [9.17, 15) is 9.90 Å². The van der Waals surface area contributed by atoms with Gasteiger partial charge in [0.05, 0.1) is 0 Å². The van der Waals surface area contributed by atoms with E-state index in [4.69, 9.17) is 11.6 Å². The first-order chi connectivity index (χ1) is 5.16. The van der Waals surface area contributed by atoms with Crippen LogP contribution >= 0.6 is 11.6 Å². The van der Waals surface area contributed by atoms with Crippen LogP contribution in [-0.4, -0.2) is 11.3 Å². The Morgan fingerprint density at radius 2 is 2.08 bits per heavy atom. The molecule has 0 aromatic carbocycles. The van der Waals surface area contributed by atoms with Crippen molar-refractivity contribution >= 4 is 17.6 Å². The minimum Gasteiger partial charge on any atom is -0.550 e. The largest absolute Gasteiger partial charge is 1.00 e. The van der Waals surface area contributed by atoms with Crippen molar-refractivity contribution in [2.24, 2.45) is 0 Å². The predicted octanol–water partition coefficient (Wildman–Crippen LogP) is -1.68. The van der Waals surface area contributed by atoms with Gasteiger partial charge in [-0.05, 0) is 25.7 Å². The van der Waals surface area contributed by atoms with Crippen molar-refractivity contribution in [1.82, 2.24) is 0 Å². The molecule has 0 spiro atoms. The summed E-state index contributed by atoms with van der Waals surface area (Å²) in [5.74, 6) is -0.981. The second-order valence-corrected chi connectivity index (χ2v) is 3.27. The number of halogens is 1. The zero-order valence-corrected chi connectivity index (χ0v) is 10.6. The first kappa shape index (κ1) is 15.2. The average molecular weight is 201 g/mol. The summed E-state index contributed by atoms with van der Waals surface area (Å²) < 4.78 is 0. The van der Waals surface area contributed by atoms with Crippen LogP contribution in [0.25, 0.3) is 0 Å². The van der Waals surface area contributed by atoms with Crippen molar-refractivity contribution in [3.05, 3.63) is 0 Å². The zero-order chi connectivity index (χ0) is 8.69. The van der Waals surface area contributed by atoms with Crippen LogP contribution in [0.4, 0.5) is 0 Å². The number of aliphatic carboxylic acids is 1. The molecule has 0 rings (SSSR count). The Bertz CT molecular complexity index is 120. The maximum atomic E-state index is 9.98. The number of hydrogen-bond donors (Lipinski definition) is 0. The van der Waals surface area contributed by atoms with Gasteiger partial charge in [-0.3, -0.25) is 0 Å².